The Balaban J connectivity index is 0.000000230. The zero-order chi connectivity index (χ0) is 36.6. The van der Waals surface area contributed by atoms with E-state index in [4.69, 9.17) is 5.73 Å². The maximum Gasteiger partial charge on any atom is 0.573 e. The molecule has 0 bridgehead atoms. The van der Waals surface area contributed by atoms with Crippen molar-refractivity contribution in [3.8, 4) is 5.75 Å². The predicted octanol–water partition coefficient (Wildman–Crippen LogP) is 9.47. The van der Waals surface area contributed by atoms with E-state index in [1.54, 1.807) is 0 Å². The SMILES string of the molecule is Cl.NCCC=C1c2ccccc2CCc2ccccc21.O=S(=O)(NCCC=C1c2ccccc2CCc2ccccc21)c1ccc(OC(F)(F)F)cc1. The second kappa shape index (κ2) is 17.9. The van der Waals surface area contributed by atoms with Crippen LogP contribution in [0.25, 0.3) is 11.1 Å². The summed E-state index contributed by atoms with van der Waals surface area (Å²) in [7, 11) is -3.87. The smallest absolute Gasteiger partial charge is 0.406 e. The van der Waals surface area contributed by atoms with Crippen LogP contribution >= 0.6 is 12.4 Å². The largest absolute Gasteiger partial charge is 0.573 e. The van der Waals surface area contributed by atoms with E-state index >= 15 is 0 Å². The highest BCUT2D eigenvalue weighted by molar-refractivity contribution is 7.89. The fourth-order valence-electron chi connectivity index (χ4n) is 6.81. The van der Waals surface area contributed by atoms with Crippen molar-refractivity contribution in [3.63, 3.8) is 0 Å². The first-order valence-electron chi connectivity index (χ1n) is 17.4. The number of ether oxygens (including phenoxy) is 1. The number of fused-ring (bicyclic) bond motifs is 4. The molecular weight excluding hydrogens is 717 g/mol. The van der Waals surface area contributed by atoms with Gasteiger partial charge in [-0.2, -0.15) is 0 Å². The number of hydrogen-bond acceptors (Lipinski definition) is 4. The Kier molecular flexibility index (Phi) is 13.4. The van der Waals surface area contributed by atoms with Crippen molar-refractivity contribution in [2.24, 2.45) is 5.73 Å². The average molecular weight is 759 g/mol. The van der Waals surface area contributed by atoms with Gasteiger partial charge < -0.3 is 10.5 Å². The summed E-state index contributed by atoms with van der Waals surface area (Å²) < 4.78 is 68.2. The van der Waals surface area contributed by atoms with Crippen LogP contribution in [0.5, 0.6) is 5.75 Å². The minimum atomic E-state index is -4.83. The molecular formula is C43H42ClF3N2O3S. The maximum atomic E-state index is 12.5. The van der Waals surface area contributed by atoms with Crippen molar-refractivity contribution in [2.45, 2.75) is 49.8 Å². The van der Waals surface area contributed by atoms with Crippen LogP contribution in [0.4, 0.5) is 13.2 Å². The normalized spacial score (nSPS) is 13.3. The van der Waals surface area contributed by atoms with Gasteiger partial charge in [0.2, 0.25) is 10.0 Å². The number of nitrogens with one attached hydrogen (secondary N) is 1. The van der Waals surface area contributed by atoms with Crippen LogP contribution in [0.15, 0.2) is 138 Å². The van der Waals surface area contributed by atoms with Crippen molar-refractivity contribution in [3.05, 3.63) is 178 Å². The quantitative estimate of drug-likeness (QED) is 0.155. The van der Waals surface area contributed by atoms with E-state index in [-0.39, 0.29) is 23.8 Å². The van der Waals surface area contributed by atoms with Gasteiger partial charge in [-0.1, -0.05) is 109 Å². The summed E-state index contributed by atoms with van der Waals surface area (Å²) in [5.41, 5.74) is 18.5. The fourth-order valence-corrected chi connectivity index (χ4v) is 7.86. The van der Waals surface area contributed by atoms with E-state index in [0.29, 0.717) is 13.0 Å². The summed E-state index contributed by atoms with van der Waals surface area (Å²) in [6, 6.07) is 38.0. The summed E-state index contributed by atoms with van der Waals surface area (Å²) in [5.74, 6) is -0.475. The molecule has 0 atom stereocenters. The first-order chi connectivity index (χ1) is 25.1. The lowest BCUT2D eigenvalue weighted by molar-refractivity contribution is -0.274. The van der Waals surface area contributed by atoms with Gasteiger partial charge in [0.25, 0.3) is 0 Å². The molecule has 7 rings (SSSR count). The molecule has 5 aromatic carbocycles. The number of hydrogen-bond donors (Lipinski definition) is 2. The molecule has 2 aliphatic rings. The molecule has 2 aliphatic carbocycles. The van der Waals surface area contributed by atoms with Crippen LogP contribution in [0.1, 0.15) is 57.3 Å². The zero-order valence-corrected chi connectivity index (χ0v) is 30.7. The Bertz CT molecular complexity index is 2080. The fraction of sp³-hybridized carbons (Fsp3) is 0.209. The van der Waals surface area contributed by atoms with E-state index in [9.17, 15) is 21.6 Å². The topological polar surface area (TPSA) is 81.4 Å². The van der Waals surface area contributed by atoms with E-state index in [0.717, 1.165) is 73.1 Å². The molecule has 5 aromatic rings. The van der Waals surface area contributed by atoms with Crippen LogP contribution in [0.2, 0.25) is 0 Å². The molecule has 0 spiro atoms. The summed E-state index contributed by atoms with van der Waals surface area (Å²) >= 11 is 0. The number of alkyl halides is 3. The van der Waals surface area contributed by atoms with Gasteiger partial charge in [0, 0.05) is 6.54 Å². The molecule has 276 valence electrons. The summed E-state index contributed by atoms with van der Waals surface area (Å²) in [4.78, 5) is -0.130. The van der Waals surface area contributed by atoms with E-state index < -0.39 is 22.1 Å². The Hall–Kier alpha value is -4.67. The van der Waals surface area contributed by atoms with Crippen LogP contribution in [-0.4, -0.2) is 27.9 Å². The Morgan fingerprint density at radius 1 is 0.604 bits per heavy atom. The molecule has 0 saturated heterocycles. The summed E-state index contributed by atoms with van der Waals surface area (Å²) in [6.07, 6.45) is 4.98. The van der Waals surface area contributed by atoms with Crippen LogP contribution in [0.3, 0.4) is 0 Å². The summed E-state index contributed by atoms with van der Waals surface area (Å²) in [5, 5.41) is 0. The first-order valence-corrected chi connectivity index (χ1v) is 18.9. The average Bonchev–Trinajstić information content (AvgIpc) is 3.40. The Labute approximate surface area is 315 Å². The highest BCUT2D eigenvalue weighted by Gasteiger charge is 2.31. The van der Waals surface area contributed by atoms with Gasteiger partial charge in [0.15, 0.2) is 0 Å². The van der Waals surface area contributed by atoms with Crippen LogP contribution in [-0.2, 0) is 35.7 Å². The van der Waals surface area contributed by atoms with Gasteiger partial charge in [-0.25, -0.2) is 13.1 Å². The summed E-state index contributed by atoms with van der Waals surface area (Å²) in [6.45, 7) is 0.852. The van der Waals surface area contributed by atoms with Crippen LogP contribution < -0.4 is 15.2 Å². The number of sulfonamides is 1. The molecule has 0 aromatic heterocycles. The van der Waals surface area contributed by atoms with Gasteiger partial charge in [-0.05, 0) is 125 Å². The number of benzene rings is 5. The molecule has 0 aliphatic heterocycles. The molecule has 53 heavy (non-hydrogen) atoms. The van der Waals surface area contributed by atoms with Gasteiger partial charge in [-0.3, -0.25) is 0 Å². The number of aryl methyl sites for hydroxylation is 4. The molecule has 3 N–H and O–H groups in total. The standard InChI is InChI=1S/C25H22F3NO3S.C18H19N.ClH/c26-25(27,28)32-20-13-15-21(16-14-20)33(30,31)29-17-5-10-24-22-8-3-1-6-18(22)11-12-19-7-2-4-9-23(19)24;19-13-5-10-18-16-8-3-1-6-14(16)11-12-15-7-2-4-9-17(15)18;/h1-4,6-10,13-16,29H,5,11-12,17H2;1-4,6-10H,5,11-13,19H2;1H. The van der Waals surface area contributed by atoms with Crippen molar-refractivity contribution in [2.75, 3.05) is 13.1 Å². The molecule has 0 saturated carbocycles. The lowest BCUT2D eigenvalue weighted by atomic mass is 9.93. The molecule has 0 unspecified atom stereocenters. The third kappa shape index (κ3) is 10.1. The monoisotopic (exact) mass is 758 g/mol. The third-order valence-electron chi connectivity index (χ3n) is 9.23. The highest BCUT2D eigenvalue weighted by atomic mass is 35.5. The lowest BCUT2D eigenvalue weighted by Crippen LogP contribution is -2.24. The van der Waals surface area contributed by atoms with Crippen molar-refractivity contribution in [1.82, 2.24) is 4.72 Å². The van der Waals surface area contributed by atoms with Gasteiger partial charge in [0.05, 0.1) is 4.90 Å². The highest BCUT2D eigenvalue weighted by Crippen LogP contribution is 2.35. The first kappa shape index (κ1) is 39.5. The molecule has 0 amide bonds. The molecule has 5 nitrogen and oxygen atoms in total. The predicted molar refractivity (Wildman–Crippen MR) is 209 cm³/mol. The Morgan fingerprint density at radius 3 is 1.36 bits per heavy atom. The van der Waals surface area contributed by atoms with Crippen molar-refractivity contribution in [1.29, 1.82) is 0 Å². The second-order valence-electron chi connectivity index (χ2n) is 12.6. The molecule has 0 heterocycles. The number of halogens is 4. The molecule has 0 radical (unpaired) electrons. The van der Waals surface area contributed by atoms with Crippen molar-refractivity contribution >= 4 is 33.6 Å². The third-order valence-corrected chi connectivity index (χ3v) is 10.7. The minimum absolute atomic E-state index is 0. The minimum Gasteiger partial charge on any atom is -0.406 e. The van der Waals surface area contributed by atoms with Crippen LogP contribution in [0, 0.1) is 0 Å². The number of nitrogens with two attached hydrogens (primary N) is 1. The second-order valence-corrected chi connectivity index (χ2v) is 14.4. The lowest BCUT2D eigenvalue weighted by Gasteiger charge is -2.12. The van der Waals surface area contributed by atoms with E-state index in [1.807, 2.05) is 30.3 Å². The van der Waals surface area contributed by atoms with Gasteiger partial charge >= 0.3 is 6.36 Å². The Morgan fingerprint density at radius 2 is 0.981 bits per heavy atom. The number of rotatable bonds is 8. The van der Waals surface area contributed by atoms with Gasteiger partial charge in [0.1, 0.15) is 5.75 Å². The maximum absolute atomic E-state index is 12.5. The van der Waals surface area contributed by atoms with Crippen molar-refractivity contribution < 1.29 is 26.3 Å². The van der Waals surface area contributed by atoms with E-state index in [1.165, 1.54) is 39.0 Å². The van der Waals surface area contributed by atoms with Gasteiger partial charge in [-0.15, -0.1) is 25.6 Å². The van der Waals surface area contributed by atoms with E-state index in [2.05, 4.69) is 88.3 Å². The zero-order valence-electron chi connectivity index (χ0n) is 29.1. The molecule has 0 fully saturated rings. The molecule has 10 heteroatoms.